The predicted molar refractivity (Wildman–Crippen MR) is 250 cm³/mol. The molecular weight excluding hydrogens is 1030 g/mol. The molecule has 4 aromatic heterocycles. The van der Waals surface area contributed by atoms with Gasteiger partial charge in [-0.25, -0.2) is 52.0 Å². The van der Waals surface area contributed by atoms with Gasteiger partial charge in [0.25, 0.3) is 11.7 Å². The molecule has 0 spiro atoms. The summed E-state index contributed by atoms with van der Waals surface area (Å²) in [5, 5.41) is 37.1. The van der Waals surface area contributed by atoms with Gasteiger partial charge in [-0.15, -0.1) is 11.8 Å². The van der Waals surface area contributed by atoms with Crippen LogP contribution < -0.4 is 10.8 Å². The standard InChI is InChI=1S/C25H33FN3O11P.C19H23FN5O7P/c1-7-9-24(33)22(32)25(26,40-23(24)29-10-8-18-17(6)27-12-28-19(18)29)11-37-41(34,38-13-35-20(30)15(2)3)39-14-36-21(31)16(4)5;1-4-6-18(27)16-19(20,9-29-33(28,32-16)24-8-13(26)30-11(2)3)31-17(18)25-7-5-12-14(21)22-10-23-15(12)25/h8,10,12,15-16,22-23,32-33H,11,13-14H2,1-6H3;5,7,10-11,16-17,27H,8-9H2,1-3H3,(H,24,28)(H2,21,22,23)/t22-,23+,24+,25+;16-,17+,18+,19+,33?/m00/s1. The third-order valence-electron chi connectivity index (χ3n) is 11.0. The Bertz CT molecular complexity index is 2930. The largest absolute Gasteiger partial charge is 0.480 e. The lowest BCUT2D eigenvalue weighted by Gasteiger charge is -2.37. The Hall–Kier alpha value is -5.55. The monoisotopic (exact) mass is 1080 g/mol. The number of hydrogen-bond acceptors (Lipinski definition) is 23. The number of alkyl halides is 2. The summed E-state index contributed by atoms with van der Waals surface area (Å²) >= 11 is 0. The first kappa shape index (κ1) is 57.7. The smallest absolute Gasteiger partial charge is 0.462 e. The summed E-state index contributed by atoms with van der Waals surface area (Å²) in [6.07, 6.45) is -2.33. The van der Waals surface area contributed by atoms with Gasteiger partial charge in [-0.1, -0.05) is 39.5 Å². The van der Waals surface area contributed by atoms with E-state index >= 15 is 8.78 Å². The van der Waals surface area contributed by atoms with Crippen molar-refractivity contribution in [1.29, 1.82) is 0 Å². The van der Waals surface area contributed by atoms with E-state index in [0.29, 0.717) is 16.5 Å². The summed E-state index contributed by atoms with van der Waals surface area (Å²) < 4.78 is 112. The molecule has 7 heterocycles. The molecule has 3 fully saturated rings. The normalized spacial score (nSPS) is 28.5. The highest BCUT2D eigenvalue weighted by Crippen LogP contribution is 2.60. The highest BCUT2D eigenvalue weighted by molar-refractivity contribution is 7.51. The number of carbonyl (C=O) groups is 3. The maximum absolute atomic E-state index is 16.2. The minimum Gasteiger partial charge on any atom is -0.462 e. The fraction of sp³-hybridized carbons (Fsp3) is 0.568. The van der Waals surface area contributed by atoms with Crippen LogP contribution in [0, 0.1) is 42.4 Å². The third-order valence-corrected chi connectivity index (χ3v) is 13.8. The number of nitrogens with zero attached hydrogens (tertiary/aromatic N) is 6. The van der Waals surface area contributed by atoms with Crippen LogP contribution >= 0.6 is 15.6 Å². The van der Waals surface area contributed by atoms with Gasteiger partial charge < -0.3 is 53.9 Å². The van der Waals surface area contributed by atoms with Crippen molar-refractivity contribution < 1.29 is 93.9 Å². The Morgan fingerprint density at radius 1 is 0.878 bits per heavy atom. The molecule has 74 heavy (non-hydrogen) atoms. The van der Waals surface area contributed by atoms with Gasteiger partial charge in [0, 0.05) is 17.8 Å². The van der Waals surface area contributed by atoms with E-state index in [9.17, 15) is 38.8 Å². The van der Waals surface area contributed by atoms with Crippen LogP contribution in [0.25, 0.3) is 22.1 Å². The van der Waals surface area contributed by atoms with Crippen LogP contribution in [0.1, 0.15) is 73.5 Å². The number of phosphoric acid groups is 1. The van der Waals surface area contributed by atoms with Gasteiger partial charge in [0.05, 0.1) is 29.0 Å². The topological polar surface area (TPSA) is 338 Å². The van der Waals surface area contributed by atoms with Crippen LogP contribution in [0.4, 0.5) is 14.6 Å². The summed E-state index contributed by atoms with van der Waals surface area (Å²) in [5.41, 5.74) is 2.14. The van der Waals surface area contributed by atoms with Crippen molar-refractivity contribution in [3.63, 3.8) is 0 Å². The third kappa shape index (κ3) is 12.1. The van der Waals surface area contributed by atoms with Crippen LogP contribution in [0.2, 0.25) is 0 Å². The second kappa shape index (κ2) is 22.7. The van der Waals surface area contributed by atoms with Gasteiger partial charge in [-0.05, 0) is 46.8 Å². The van der Waals surface area contributed by atoms with Gasteiger partial charge in [-0.3, -0.25) is 28.0 Å². The van der Waals surface area contributed by atoms with Crippen molar-refractivity contribution in [2.75, 3.05) is 39.1 Å². The SMILES string of the molecule is CC#C[C@]1(O)[C@H](n2ccc3c(C)ncnc32)O[C@](F)(COP(=O)(OCOC(=O)C(C)C)OCOC(=O)C(C)C)[C@H]1O.CC#C[C@]1(O)[C@H](n2ccc3c(N)ncnc32)O[C@]2(F)COP(=O)(NCC(=O)OC(C)C)O[C@@H]12. The molecule has 30 heteroatoms. The van der Waals surface area contributed by atoms with E-state index in [2.05, 4.69) is 48.7 Å². The molecule has 404 valence electrons. The molecule has 26 nitrogen and oxygen atoms in total. The minimum atomic E-state index is -4.83. The summed E-state index contributed by atoms with van der Waals surface area (Å²) in [7, 11) is -9.07. The summed E-state index contributed by atoms with van der Waals surface area (Å²) in [5.74, 6) is 0.879. The molecule has 6 N–H and O–H groups in total. The molecule has 0 aromatic carbocycles. The fourth-order valence-corrected chi connectivity index (χ4v) is 9.86. The van der Waals surface area contributed by atoms with Crippen LogP contribution in [0.5, 0.6) is 0 Å². The number of nitrogens with one attached hydrogen (secondary N) is 1. The summed E-state index contributed by atoms with van der Waals surface area (Å²) in [4.78, 5) is 51.6. The van der Waals surface area contributed by atoms with E-state index in [0.717, 1.165) is 0 Å². The van der Waals surface area contributed by atoms with Crippen LogP contribution in [-0.4, -0.2) is 137 Å². The molecule has 0 amide bonds. The van der Waals surface area contributed by atoms with Gasteiger partial charge in [-0.2, -0.15) is 0 Å². The van der Waals surface area contributed by atoms with Gasteiger partial charge in [0.15, 0.2) is 24.7 Å². The Labute approximate surface area is 422 Å². The van der Waals surface area contributed by atoms with E-state index in [1.54, 1.807) is 60.6 Å². The molecule has 9 atom stereocenters. The highest BCUT2D eigenvalue weighted by atomic mass is 31.2. The quantitative estimate of drug-likeness (QED) is 0.0332. The number of hydrogen-bond donors (Lipinski definition) is 5. The average molecular weight is 1080 g/mol. The molecule has 3 saturated heterocycles. The lowest BCUT2D eigenvalue weighted by atomic mass is 9.93. The summed E-state index contributed by atoms with van der Waals surface area (Å²) in [6.45, 7) is 9.45. The number of anilines is 1. The van der Waals surface area contributed by atoms with Gasteiger partial charge in [0.1, 0.15) is 49.5 Å². The number of aryl methyl sites for hydroxylation is 1. The molecule has 3 aliphatic rings. The number of aromatic nitrogens is 6. The zero-order valence-corrected chi connectivity index (χ0v) is 43.2. The Balaban J connectivity index is 0.000000246. The van der Waals surface area contributed by atoms with Crippen LogP contribution in [-0.2, 0) is 69.8 Å². The van der Waals surface area contributed by atoms with Crippen molar-refractivity contribution in [1.82, 2.24) is 34.2 Å². The number of halogens is 2. The van der Waals surface area contributed by atoms with E-state index in [-0.39, 0.29) is 17.1 Å². The number of esters is 3. The Morgan fingerprint density at radius 3 is 1.99 bits per heavy atom. The molecule has 0 saturated carbocycles. The lowest BCUT2D eigenvalue weighted by molar-refractivity contribution is -0.214. The molecule has 0 aliphatic carbocycles. The molecule has 0 bridgehead atoms. The van der Waals surface area contributed by atoms with Crippen molar-refractivity contribution in [2.24, 2.45) is 11.8 Å². The maximum atomic E-state index is 16.2. The number of aliphatic hydroxyl groups is 3. The number of rotatable bonds is 17. The number of fused-ring (bicyclic) bond motifs is 3. The van der Waals surface area contributed by atoms with Gasteiger partial charge in [0.2, 0.25) is 24.8 Å². The van der Waals surface area contributed by atoms with Crippen molar-refractivity contribution in [2.45, 2.75) is 116 Å². The number of carbonyl (C=O) groups excluding carboxylic acids is 3. The van der Waals surface area contributed by atoms with Gasteiger partial charge >= 0.3 is 33.5 Å². The number of phosphoric ester groups is 1. The van der Waals surface area contributed by atoms with E-state index in [1.807, 2.05) is 0 Å². The number of nitrogen functional groups attached to an aromatic ring is 1. The molecule has 3 aliphatic heterocycles. The molecule has 7 rings (SSSR count). The molecule has 1 unspecified atom stereocenters. The van der Waals surface area contributed by atoms with Crippen molar-refractivity contribution >= 4 is 61.4 Å². The number of aliphatic hydroxyl groups excluding tert-OH is 1. The van der Waals surface area contributed by atoms with E-state index in [4.69, 9.17) is 52.0 Å². The van der Waals surface area contributed by atoms with E-state index < -0.39 is 132 Å². The number of ether oxygens (including phenoxy) is 5. The first-order chi connectivity index (χ1) is 34.7. The highest BCUT2D eigenvalue weighted by Gasteiger charge is 2.71. The van der Waals surface area contributed by atoms with Crippen molar-refractivity contribution in [3.05, 3.63) is 42.9 Å². The zero-order chi connectivity index (χ0) is 54.6. The van der Waals surface area contributed by atoms with Crippen molar-refractivity contribution in [3.8, 4) is 23.7 Å². The lowest BCUT2D eigenvalue weighted by Crippen LogP contribution is -2.54. The minimum absolute atomic E-state index is 0.177. The second-order valence-electron chi connectivity index (χ2n) is 17.5. The van der Waals surface area contributed by atoms with Crippen LogP contribution in [0.3, 0.4) is 0 Å². The van der Waals surface area contributed by atoms with E-state index in [1.165, 1.54) is 48.0 Å². The Kier molecular flexibility index (Phi) is 17.7. The predicted octanol–water partition coefficient (Wildman–Crippen LogP) is 3.55. The molecular formula is C44H56F2N8O18P2. The second-order valence-corrected chi connectivity index (χ2v) is 21.0. The molecule has 0 radical (unpaired) electrons. The number of nitrogens with two attached hydrogens (primary N) is 1. The maximum Gasteiger partial charge on any atom is 0.480 e. The first-order valence-electron chi connectivity index (χ1n) is 22.5. The Morgan fingerprint density at radius 2 is 1.42 bits per heavy atom. The molecule has 4 aromatic rings. The zero-order valence-electron chi connectivity index (χ0n) is 41.4. The fourth-order valence-electron chi connectivity index (χ4n) is 7.44. The average Bonchev–Trinajstić information content (AvgIpc) is 4.07. The van der Waals surface area contributed by atoms with Crippen LogP contribution in [0.15, 0.2) is 37.2 Å². The summed E-state index contributed by atoms with van der Waals surface area (Å²) in [6, 6.07) is 3.19. The first-order valence-corrected chi connectivity index (χ1v) is 25.5.